The van der Waals surface area contributed by atoms with E-state index in [1.54, 1.807) is 0 Å². The Kier molecular flexibility index (Phi) is 62.4. The van der Waals surface area contributed by atoms with Gasteiger partial charge < -0.3 is 33.8 Å². The number of hydrogen-bond donors (Lipinski definition) is 3. The summed E-state index contributed by atoms with van der Waals surface area (Å²) < 4.78 is 68.4. The second kappa shape index (κ2) is 63.8. The van der Waals surface area contributed by atoms with E-state index in [4.69, 9.17) is 37.0 Å². The molecule has 3 N–H and O–H groups in total. The molecule has 0 heterocycles. The molecule has 0 aromatic heterocycles. The Morgan fingerprint density at radius 2 is 0.554 bits per heavy atom. The predicted molar refractivity (Wildman–Crippen MR) is 372 cm³/mol. The largest absolute Gasteiger partial charge is 0.472 e. The number of esters is 4. The second-order valence-electron chi connectivity index (χ2n) is 27.5. The van der Waals surface area contributed by atoms with Crippen LogP contribution in [0.3, 0.4) is 0 Å². The van der Waals surface area contributed by atoms with Crippen molar-refractivity contribution in [2.24, 2.45) is 17.8 Å². The maximum absolute atomic E-state index is 13.1. The van der Waals surface area contributed by atoms with Crippen molar-refractivity contribution in [1.82, 2.24) is 0 Å². The molecule has 0 aromatic rings. The van der Waals surface area contributed by atoms with Gasteiger partial charge in [0.05, 0.1) is 26.4 Å². The lowest BCUT2D eigenvalue weighted by molar-refractivity contribution is -0.161. The molecule has 0 amide bonds. The van der Waals surface area contributed by atoms with Crippen LogP contribution in [0.2, 0.25) is 0 Å². The van der Waals surface area contributed by atoms with Crippen molar-refractivity contribution in [2.45, 2.75) is 388 Å². The van der Waals surface area contributed by atoms with Crippen LogP contribution in [-0.4, -0.2) is 96.7 Å². The van der Waals surface area contributed by atoms with Gasteiger partial charge in [0.1, 0.15) is 19.3 Å². The highest BCUT2D eigenvalue weighted by atomic mass is 31.2. The molecule has 0 bridgehead atoms. The summed E-state index contributed by atoms with van der Waals surface area (Å²) in [6.45, 7) is 11.8. The van der Waals surface area contributed by atoms with Crippen LogP contribution in [0.15, 0.2) is 0 Å². The Morgan fingerprint density at radius 3 is 0.826 bits per heavy atom. The highest BCUT2D eigenvalue weighted by molar-refractivity contribution is 7.47. The van der Waals surface area contributed by atoms with E-state index >= 15 is 0 Å². The van der Waals surface area contributed by atoms with Crippen LogP contribution in [0, 0.1) is 17.8 Å². The molecule has 546 valence electrons. The zero-order chi connectivity index (χ0) is 68.0. The number of hydrogen-bond acceptors (Lipinski definition) is 15. The van der Waals surface area contributed by atoms with Crippen molar-refractivity contribution in [3.63, 3.8) is 0 Å². The van der Waals surface area contributed by atoms with Gasteiger partial charge in [0.25, 0.3) is 0 Å². The molecule has 0 spiro atoms. The number of carbonyl (C=O) groups is 4. The molecule has 0 radical (unpaired) electrons. The maximum atomic E-state index is 13.1. The Balaban J connectivity index is 5.23. The molecule has 6 atom stereocenters. The molecule has 0 aliphatic rings. The van der Waals surface area contributed by atoms with Crippen LogP contribution >= 0.6 is 15.6 Å². The number of aliphatic hydroxyl groups excluding tert-OH is 1. The molecule has 0 rings (SSSR count). The van der Waals surface area contributed by atoms with E-state index in [0.29, 0.717) is 31.6 Å². The average Bonchev–Trinajstić information content (AvgIpc) is 1.69. The van der Waals surface area contributed by atoms with Gasteiger partial charge in [-0.1, -0.05) is 318 Å². The second-order valence-corrected chi connectivity index (χ2v) is 30.4. The summed E-state index contributed by atoms with van der Waals surface area (Å²) >= 11 is 0. The zero-order valence-electron chi connectivity index (χ0n) is 60.0. The Bertz CT molecular complexity index is 1800. The Labute approximate surface area is 562 Å². The SMILES string of the molecule is CCCCCCCCCCCCCC(=O)O[C@H](COC(=O)CCCCCCCCC(C)C)COP(=O)(O)OC[C@H](O)COP(=O)(O)OC[C@@H](COC(=O)CCCCCCCCCCCCC(C)CC)OC(=O)CCCCCCCCCCCCCCCCCC(C)C. The van der Waals surface area contributed by atoms with E-state index < -0.39 is 97.5 Å². The quantitative estimate of drug-likeness (QED) is 0.0222. The van der Waals surface area contributed by atoms with E-state index in [1.807, 2.05) is 0 Å². The van der Waals surface area contributed by atoms with Crippen molar-refractivity contribution >= 4 is 39.5 Å². The normalized spacial score (nSPS) is 14.4. The average molecular weight is 1350 g/mol. The fourth-order valence-electron chi connectivity index (χ4n) is 11.0. The minimum Gasteiger partial charge on any atom is -0.462 e. The number of phosphoric ester groups is 2. The molecule has 3 unspecified atom stereocenters. The minimum absolute atomic E-state index is 0.106. The van der Waals surface area contributed by atoms with Crippen LogP contribution in [0.1, 0.15) is 370 Å². The van der Waals surface area contributed by atoms with Crippen molar-refractivity contribution in [2.75, 3.05) is 39.6 Å². The van der Waals surface area contributed by atoms with E-state index in [-0.39, 0.29) is 25.7 Å². The van der Waals surface area contributed by atoms with Crippen LogP contribution in [-0.2, 0) is 65.4 Å². The molecular formula is C73H142O17P2. The highest BCUT2D eigenvalue weighted by Crippen LogP contribution is 2.45. The molecule has 0 saturated heterocycles. The van der Waals surface area contributed by atoms with Crippen LogP contribution in [0.5, 0.6) is 0 Å². The first-order valence-electron chi connectivity index (χ1n) is 37.9. The lowest BCUT2D eigenvalue weighted by atomic mass is 9.99. The summed E-state index contributed by atoms with van der Waals surface area (Å²) in [6.07, 6.45) is 48.6. The van der Waals surface area contributed by atoms with Gasteiger partial charge in [0.2, 0.25) is 0 Å². The molecule has 0 aliphatic carbocycles. The fourth-order valence-corrected chi connectivity index (χ4v) is 12.6. The summed E-state index contributed by atoms with van der Waals surface area (Å²) in [5, 5.41) is 10.6. The monoisotopic (exact) mass is 1350 g/mol. The summed E-state index contributed by atoms with van der Waals surface area (Å²) in [6, 6.07) is 0. The van der Waals surface area contributed by atoms with Gasteiger partial charge in [-0.15, -0.1) is 0 Å². The zero-order valence-corrected chi connectivity index (χ0v) is 61.8. The van der Waals surface area contributed by atoms with Gasteiger partial charge in [-0.25, -0.2) is 9.13 Å². The number of ether oxygens (including phenoxy) is 4. The number of carbonyl (C=O) groups excluding carboxylic acids is 4. The van der Waals surface area contributed by atoms with E-state index in [9.17, 15) is 43.2 Å². The number of phosphoric acid groups is 2. The Morgan fingerprint density at radius 1 is 0.315 bits per heavy atom. The van der Waals surface area contributed by atoms with E-state index in [0.717, 1.165) is 108 Å². The number of aliphatic hydroxyl groups is 1. The molecule has 92 heavy (non-hydrogen) atoms. The van der Waals surface area contributed by atoms with E-state index in [1.165, 1.54) is 173 Å². The fraction of sp³-hybridized carbons (Fsp3) is 0.945. The van der Waals surface area contributed by atoms with Gasteiger partial charge in [0, 0.05) is 25.7 Å². The van der Waals surface area contributed by atoms with Gasteiger partial charge in [-0.05, 0) is 43.4 Å². The first-order chi connectivity index (χ1) is 44.3. The third-order valence-electron chi connectivity index (χ3n) is 17.2. The minimum atomic E-state index is -4.96. The molecular weight excluding hydrogens is 1210 g/mol. The number of unbranched alkanes of at least 4 members (excludes halogenated alkanes) is 38. The van der Waals surface area contributed by atoms with Crippen LogP contribution in [0.4, 0.5) is 0 Å². The topological polar surface area (TPSA) is 237 Å². The van der Waals surface area contributed by atoms with Gasteiger partial charge >= 0.3 is 39.5 Å². The molecule has 19 heteroatoms. The van der Waals surface area contributed by atoms with Gasteiger partial charge in [0.15, 0.2) is 12.2 Å². The highest BCUT2D eigenvalue weighted by Gasteiger charge is 2.30. The summed E-state index contributed by atoms with van der Waals surface area (Å²) in [5.41, 5.74) is 0. The summed E-state index contributed by atoms with van der Waals surface area (Å²) in [7, 11) is -9.90. The van der Waals surface area contributed by atoms with Crippen molar-refractivity contribution in [3.8, 4) is 0 Å². The standard InChI is InChI=1S/C73H142O17P2/c1-8-10-11-12-13-14-20-28-33-42-49-56-72(77)90-69(61-84-71(76)55-48-41-36-35-38-45-52-65(5)6)63-88-92(81,82)86-59-67(74)58-85-91(79,80)87-62-68(60-83-70(75)54-47-40-32-27-24-23-26-31-39-46-53-66(7)9-2)89-73(78)57-50-43-34-29-22-19-17-15-16-18-21-25-30-37-44-51-64(3)4/h64-69,74H,8-63H2,1-7H3,(H,79,80)(H,81,82)/t66?,67-,68-,69-/m1/s1. The van der Waals surface area contributed by atoms with Crippen molar-refractivity contribution < 1.29 is 80.2 Å². The van der Waals surface area contributed by atoms with Crippen molar-refractivity contribution in [3.05, 3.63) is 0 Å². The lowest BCUT2D eigenvalue weighted by Crippen LogP contribution is -2.30. The third kappa shape index (κ3) is 65.4. The van der Waals surface area contributed by atoms with Crippen LogP contribution in [0.25, 0.3) is 0 Å². The first-order valence-corrected chi connectivity index (χ1v) is 40.9. The third-order valence-corrected chi connectivity index (χ3v) is 19.1. The predicted octanol–water partition coefficient (Wildman–Crippen LogP) is 21.0. The molecule has 0 fully saturated rings. The van der Waals surface area contributed by atoms with Crippen LogP contribution < -0.4 is 0 Å². The molecule has 0 aromatic carbocycles. The summed E-state index contributed by atoms with van der Waals surface area (Å²) in [5.74, 6) is 0.169. The molecule has 0 saturated carbocycles. The summed E-state index contributed by atoms with van der Waals surface area (Å²) in [4.78, 5) is 72.6. The Hall–Kier alpha value is -1.94. The first kappa shape index (κ1) is 90.1. The lowest BCUT2D eigenvalue weighted by Gasteiger charge is -2.21. The van der Waals surface area contributed by atoms with Gasteiger partial charge in [-0.2, -0.15) is 0 Å². The van der Waals surface area contributed by atoms with E-state index in [2.05, 4.69) is 48.5 Å². The molecule has 0 aliphatic heterocycles. The smallest absolute Gasteiger partial charge is 0.462 e. The number of rotatable bonds is 71. The maximum Gasteiger partial charge on any atom is 0.472 e. The van der Waals surface area contributed by atoms with Crippen molar-refractivity contribution in [1.29, 1.82) is 0 Å². The van der Waals surface area contributed by atoms with Gasteiger partial charge in [-0.3, -0.25) is 37.3 Å². The molecule has 17 nitrogen and oxygen atoms in total.